The van der Waals surface area contributed by atoms with Gasteiger partial charge in [-0.3, -0.25) is 19.3 Å². The maximum absolute atomic E-state index is 13.4. The Hall–Kier alpha value is -3.27. The van der Waals surface area contributed by atoms with Gasteiger partial charge in [-0.2, -0.15) is 18.4 Å². The van der Waals surface area contributed by atoms with Crippen LogP contribution in [0.3, 0.4) is 0 Å². The van der Waals surface area contributed by atoms with E-state index in [4.69, 9.17) is 14.7 Å². The summed E-state index contributed by atoms with van der Waals surface area (Å²) >= 11 is 0. The van der Waals surface area contributed by atoms with Crippen molar-refractivity contribution in [3.8, 4) is 6.07 Å². The van der Waals surface area contributed by atoms with Crippen LogP contribution < -0.4 is 4.90 Å². The van der Waals surface area contributed by atoms with E-state index in [0.29, 0.717) is 50.8 Å². The molecule has 9 nitrogen and oxygen atoms in total. The first-order chi connectivity index (χ1) is 19.6. The molecule has 0 aliphatic carbocycles. The van der Waals surface area contributed by atoms with Gasteiger partial charge in [-0.15, -0.1) is 0 Å². The maximum atomic E-state index is 13.4. The number of anilines is 1. The minimum atomic E-state index is -4.79. The number of carbonyl (C=O) groups is 3. The fourth-order valence-corrected chi connectivity index (χ4v) is 5.00. The SMILES string of the molecule is COCCOCC(=O)N1CCN(CCCCCCCC2=C(C)C(=O)N(c3ccc(C#N)c(C(F)(F)F)c3)C2=O)CC1. The van der Waals surface area contributed by atoms with Crippen molar-refractivity contribution in [2.45, 2.75) is 51.6 Å². The number of imide groups is 1. The summed E-state index contributed by atoms with van der Waals surface area (Å²) in [6, 6.07) is 4.35. The van der Waals surface area contributed by atoms with Crippen LogP contribution in [0.4, 0.5) is 18.9 Å². The molecule has 0 aromatic heterocycles. The number of nitriles is 1. The summed E-state index contributed by atoms with van der Waals surface area (Å²) in [5, 5.41) is 9.00. The zero-order chi connectivity index (χ0) is 30.0. The Kier molecular flexibility index (Phi) is 11.9. The van der Waals surface area contributed by atoms with E-state index in [9.17, 15) is 27.6 Å². The second-order valence-electron chi connectivity index (χ2n) is 10.2. The van der Waals surface area contributed by atoms with E-state index in [1.807, 2.05) is 4.90 Å². The summed E-state index contributed by atoms with van der Waals surface area (Å²) < 4.78 is 50.3. The Morgan fingerprint density at radius 1 is 1.00 bits per heavy atom. The smallest absolute Gasteiger partial charge is 0.382 e. The van der Waals surface area contributed by atoms with Gasteiger partial charge in [-0.25, -0.2) is 4.90 Å². The highest BCUT2D eigenvalue weighted by atomic mass is 19.4. The van der Waals surface area contributed by atoms with Gasteiger partial charge in [0.15, 0.2) is 0 Å². The molecule has 41 heavy (non-hydrogen) atoms. The van der Waals surface area contributed by atoms with Crippen molar-refractivity contribution in [1.29, 1.82) is 5.26 Å². The predicted molar refractivity (Wildman–Crippen MR) is 145 cm³/mol. The summed E-state index contributed by atoms with van der Waals surface area (Å²) in [5.41, 5.74) is -1.37. The van der Waals surface area contributed by atoms with Crippen LogP contribution in [0.15, 0.2) is 29.3 Å². The topological polar surface area (TPSA) is 103 Å². The second-order valence-corrected chi connectivity index (χ2v) is 10.2. The molecule has 3 amide bonds. The molecule has 1 aromatic carbocycles. The summed E-state index contributed by atoms with van der Waals surface area (Å²) in [5.74, 6) is -1.24. The number of piperazine rings is 1. The molecule has 0 bridgehead atoms. The van der Waals surface area contributed by atoms with Crippen LogP contribution in [0.25, 0.3) is 0 Å². The molecule has 1 aromatic rings. The van der Waals surface area contributed by atoms with Gasteiger partial charge < -0.3 is 14.4 Å². The number of alkyl halides is 3. The number of methoxy groups -OCH3 is 1. The van der Waals surface area contributed by atoms with E-state index in [1.54, 1.807) is 7.11 Å². The number of ether oxygens (including phenoxy) is 2. The largest absolute Gasteiger partial charge is 0.417 e. The van der Waals surface area contributed by atoms with Gasteiger partial charge in [-0.05, 0) is 50.9 Å². The van der Waals surface area contributed by atoms with Crippen molar-refractivity contribution < 1.29 is 37.0 Å². The Morgan fingerprint density at radius 2 is 1.68 bits per heavy atom. The van der Waals surface area contributed by atoms with Crippen molar-refractivity contribution in [1.82, 2.24) is 9.80 Å². The number of carbonyl (C=O) groups excluding carboxylic acids is 3. The molecule has 1 fully saturated rings. The third-order valence-corrected chi connectivity index (χ3v) is 7.41. The highest BCUT2D eigenvalue weighted by Crippen LogP contribution is 2.37. The molecule has 1 saturated heterocycles. The monoisotopic (exact) mass is 578 g/mol. The number of rotatable bonds is 14. The summed E-state index contributed by atoms with van der Waals surface area (Å²) in [6.45, 7) is 6.43. The molecule has 2 aliphatic rings. The predicted octanol–water partition coefficient (Wildman–Crippen LogP) is 3.91. The standard InChI is InChI=1S/C29H37F3N4O5/c1-21-24(28(39)36(27(21)38)23-10-9-22(19-33)25(18-23)29(30,31)32)8-6-4-3-5-7-11-34-12-14-35(15-13-34)26(37)20-41-17-16-40-2/h9-10,18H,3-8,11-17,20H2,1-2H3. The number of amides is 3. The minimum Gasteiger partial charge on any atom is -0.382 e. The molecule has 0 saturated carbocycles. The van der Waals surface area contributed by atoms with Crippen molar-refractivity contribution in [2.75, 3.05) is 64.6 Å². The van der Waals surface area contributed by atoms with Gasteiger partial charge in [0.1, 0.15) is 6.61 Å². The van der Waals surface area contributed by atoms with Crippen molar-refractivity contribution in [3.05, 3.63) is 40.5 Å². The van der Waals surface area contributed by atoms with Gasteiger partial charge >= 0.3 is 6.18 Å². The van der Waals surface area contributed by atoms with Crippen LogP contribution in [-0.2, 0) is 30.0 Å². The molecule has 3 rings (SSSR count). The Morgan fingerprint density at radius 3 is 2.34 bits per heavy atom. The third kappa shape index (κ3) is 8.61. The normalized spacial score (nSPS) is 16.6. The van der Waals surface area contributed by atoms with Crippen LogP contribution in [0.5, 0.6) is 0 Å². The summed E-state index contributed by atoms with van der Waals surface area (Å²) in [6.07, 6.45) is 0.119. The molecule has 0 unspecified atom stereocenters. The first kappa shape index (κ1) is 32.2. The third-order valence-electron chi connectivity index (χ3n) is 7.41. The summed E-state index contributed by atoms with van der Waals surface area (Å²) in [4.78, 5) is 42.9. The zero-order valence-electron chi connectivity index (χ0n) is 23.6. The molecule has 0 N–H and O–H groups in total. The number of unbranched alkanes of at least 4 members (excludes halogenated alkanes) is 4. The first-order valence-electron chi connectivity index (χ1n) is 13.8. The fraction of sp³-hybridized carbons (Fsp3) is 0.586. The number of benzene rings is 1. The highest BCUT2D eigenvalue weighted by molar-refractivity contribution is 6.32. The Labute approximate surface area is 238 Å². The van der Waals surface area contributed by atoms with Crippen LogP contribution in [0.1, 0.15) is 56.6 Å². The lowest BCUT2D eigenvalue weighted by Crippen LogP contribution is -2.49. The maximum Gasteiger partial charge on any atom is 0.417 e. The van der Waals surface area contributed by atoms with E-state index in [2.05, 4.69) is 4.90 Å². The molecule has 2 aliphatic heterocycles. The number of nitrogens with zero attached hydrogens (tertiary/aromatic N) is 4. The minimum absolute atomic E-state index is 0.000342. The molecule has 0 spiro atoms. The average Bonchev–Trinajstić information content (AvgIpc) is 3.16. The Bertz CT molecular complexity index is 1170. The molecule has 2 heterocycles. The van der Waals surface area contributed by atoms with Crippen molar-refractivity contribution >= 4 is 23.4 Å². The van der Waals surface area contributed by atoms with Crippen molar-refractivity contribution in [2.24, 2.45) is 0 Å². The van der Waals surface area contributed by atoms with E-state index >= 15 is 0 Å². The molecular formula is C29H37F3N4O5. The molecular weight excluding hydrogens is 541 g/mol. The lowest BCUT2D eigenvalue weighted by Gasteiger charge is -2.34. The van der Waals surface area contributed by atoms with Crippen LogP contribution in [0.2, 0.25) is 0 Å². The second kappa shape index (κ2) is 15.1. The number of hydrogen-bond acceptors (Lipinski definition) is 7. The first-order valence-corrected chi connectivity index (χ1v) is 13.8. The van der Waals surface area contributed by atoms with E-state index in [0.717, 1.165) is 56.3 Å². The zero-order valence-corrected chi connectivity index (χ0v) is 23.6. The van der Waals surface area contributed by atoms with Gasteiger partial charge in [0.25, 0.3) is 11.8 Å². The fourth-order valence-electron chi connectivity index (χ4n) is 5.00. The van der Waals surface area contributed by atoms with E-state index < -0.39 is 29.1 Å². The van der Waals surface area contributed by atoms with Gasteiger partial charge in [0, 0.05) is 44.4 Å². The van der Waals surface area contributed by atoms with Gasteiger partial charge in [0.2, 0.25) is 5.91 Å². The van der Waals surface area contributed by atoms with Crippen LogP contribution >= 0.6 is 0 Å². The lowest BCUT2D eigenvalue weighted by atomic mass is 10.0. The van der Waals surface area contributed by atoms with Crippen molar-refractivity contribution in [3.63, 3.8) is 0 Å². The van der Waals surface area contributed by atoms with E-state index in [1.165, 1.54) is 19.1 Å². The molecule has 0 radical (unpaired) electrons. The number of hydrogen-bond donors (Lipinski definition) is 0. The molecule has 12 heteroatoms. The number of halogens is 3. The molecule has 0 atom stereocenters. The van der Waals surface area contributed by atoms with E-state index in [-0.39, 0.29) is 23.8 Å². The van der Waals surface area contributed by atoms with Gasteiger partial charge in [-0.1, -0.05) is 19.3 Å². The quantitative estimate of drug-likeness (QED) is 0.244. The lowest BCUT2D eigenvalue weighted by molar-refractivity contribution is -0.138. The molecule has 224 valence electrons. The van der Waals surface area contributed by atoms with Crippen LogP contribution in [-0.4, -0.2) is 87.2 Å². The Balaban J connectivity index is 1.36. The highest BCUT2D eigenvalue weighted by Gasteiger charge is 2.39. The van der Waals surface area contributed by atoms with Gasteiger partial charge in [0.05, 0.1) is 36.1 Å². The average molecular weight is 579 g/mol. The summed E-state index contributed by atoms with van der Waals surface area (Å²) in [7, 11) is 1.58. The van der Waals surface area contributed by atoms with Crippen LogP contribution in [0, 0.1) is 11.3 Å².